The number of carbonyl (C=O) groups excluding carboxylic acids is 3. The lowest BCUT2D eigenvalue weighted by atomic mass is 10.1. The Kier molecular flexibility index (Phi) is 10.6. The fourth-order valence-electron chi connectivity index (χ4n) is 3.70. The molecule has 2 rings (SSSR count). The summed E-state index contributed by atoms with van der Waals surface area (Å²) in [6.45, 7) is 0.922. The number of aromatic nitrogens is 2. The third-order valence-corrected chi connectivity index (χ3v) is 5.90. The van der Waals surface area contributed by atoms with Crippen LogP contribution in [0.1, 0.15) is 37.8 Å². The molecule has 13 heteroatoms. The number of nitrogens with one attached hydrogen (secondary N) is 3. The van der Waals surface area contributed by atoms with E-state index in [1.807, 2.05) is 0 Å². The minimum atomic E-state index is -1.24. The van der Waals surface area contributed by atoms with Gasteiger partial charge in [0.1, 0.15) is 18.1 Å². The van der Waals surface area contributed by atoms with Crippen molar-refractivity contribution in [2.75, 3.05) is 18.8 Å². The number of hydrogen-bond donors (Lipinski definition) is 7. The molecule has 1 aromatic rings. The van der Waals surface area contributed by atoms with E-state index in [1.165, 1.54) is 17.4 Å². The second kappa shape index (κ2) is 13.2. The smallest absolute Gasteiger partial charge is 0.327 e. The summed E-state index contributed by atoms with van der Waals surface area (Å²) in [5, 5.41) is 14.3. The van der Waals surface area contributed by atoms with E-state index >= 15 is 0 Å². The fourth-order valence-corrected chi connectivity index (χ4v) is 3.95. The Balaban J connectivity index is 2.09. The van der Waals surface area contributed by atoms with Crippen molar-refractivity contribution in [2.45, 2.75) is 62.7 Å². The van der Waals surface area contributed by atoms with Gasteiger partial charge in [-0.15, -0.1) is 0 Å². The Hall–Kier alpha value is -2.64. The second-order valence-electron chi connectivity index (χ2n) is 8.00. The molecule has 1 aliphatic rings. The minimum absolute atomic E-state index is 0.0652. The van der Waals surface area contributed by atoms with Crippen LogP contribution < -0.4 is 22.1 Å². The van der Waals surface area contributed by atoms with Gasteiger partial charge < -0.3 is 37.1 Å². The second-order valence-corrected chi connectivity index (χ2v) is 8.37. The predicted octanol–water partition coefficient (Wildman–Crippen LogP) is -1.62. The first-order valence-corrected chi connectivity index (χ1v) is 11.6. The van der Waals surface area contributed by atoms with Gasteiger partial charge in [0.25, 0.3) is 0 Å². The number of likely N-dealkylation sites (tertiary alicyclic amines) is 1. The summed E-state index contributed by atoms with van der Waals surface area (Å²) in [5.41, 5.74) is 12.1. The van der Waals surface area contributed by atoms with E-state index in [0.29, 0.717) is 38.0 Å². The van der Waals surface area contributed by atoms with Crippen molar-refractivity contribution in [3.8, 4) is 0 Å². The maximum Gasteiger partial charge on any atom is 0.327 e. The van der Waals surface area contributed by atoms with Crippen LogP contribution in [0.3, 0.4) is 0 Å². The van der Waals surface area contributed by atoms with Crippen molar-refractivity contribution in [3.05, 3.63) is 18.2 Å². The summed E-state index contributed by atoms with van der Waals surface area (Å²) >= 11 is 3.95. The molecule has 0 aliphatic carbocycles. The molecular formula is C20H33N7O5S. The molecule has 3 amide bonds. The molecule has 1 saturated heterocycles. The van der Waals surface area contributed by atoms with Gasteiger partial charge in [-0.25, -0.2) is 9.78 Å². The van der Waals surface area contributed by atoms with E-state index in [2.05, 4.69) is 33.2 Å². The maximum atomic E-state index is 13.1. The van der Waals surface area contributed by atoms with E-state index < -0.39 is 42.0 Å². The molecule has 1 aromatic heterocycles. The first-order chi connectivity index (χ1) is 15.8. The summed E-state index contributed by atoms with van der Waals surface area (Å²) in [5.74, 6) is -2.82. The topological polar surface area (TPSA) is 197 Å². The molecule has 33 heavy (non-hydrogen) atoms. The Bertz CT molecular complexity index is 807. The number of nitrogens with two attached hydrogens (primary N) is 2. The summed E-state index contributed by atoms with van der Waals surface area (Å²) in [7, 11) is 0. The highest BCUT2D eigenvalue weighted by Gasteiger charge is 2.37. The van der Waals surface area contributed by atoms with Crippen molar-refractivity contribution in [1.29, 1.82) is 0 Å². The lowest BCUT2D eigenvalue weighted by Gasteiger charge is -2.28. The molecule has 4 unspecified atom stereocenters. The Morgan fingerprint density at radius 1 is 1.27 bits per heavy atom. The van der Waals surface area contributed by atoms with E-state index in [-0.39, 0.29) is 18.1 Å². The first-order valence-electron chi connectivity index (χ1n) is 11.0. The summed E-state index contributed by atoms with van der Waals surface area (Å²) in [4.78, 5) is 58.2. The van der Waals surface area contributed by atoms with Gasteiger partial charge in [0.15, 0.2) is 0 Å². The Morgan fingerprint density at radius 3 is 2.64 bits per heavy atom. The van der Waals surface area contributed by atoms with Crippen LogP contribution in [0.4, 0.5) is 0 Å². The molecule has 1 fully saturated rings. The van der Waals surface area contributed by atoms with Crippen LogP contribution in [0.15, 0.2) is 12.5 Å². The fraction of sp³-hybridized carbons (Fsp3) is 0.650. The van der Waals surface area contributed by atoms with Gasteiger partial charge in [0.2, 0.25) is 17.7 Å². The number of hydrogen-bond acceptors (Lipinski definition) is 8. The standard InChI is InChI=1S/C20H33N7O5S/c21-6-2-1-4-13(22)19(30)27-7-3-5-16(27)18(29)25-14(8-12-9-23-11-24-12)17(28)26-15(10-33)20(31)32/h9,11,13-16,33H,1-8,10,21-22H2,(H,23,24)(H,25,29)(H,26,28)(H,31,32). The van der Waals surface area contributed by atoms with Gasteiger partial charge in [-0.05, 0) is 32.2 Å². The summed E-state index contributed by atoms with van der Waals surface area (Å²) in [6, 6.07) is -3.76. The van der Waals surface area contributed by atoms with Crippen LogP contribution in [0.2, 0.25) is 0 Å². The SMILES string of the molecule is NCCCCC(N)C(=O)N1CCCC1C(=O)NC(Cc1cnc[nH]1)C(=O)NC(CS)C(=O)O. The van der Waals surface area contributed by atoms with Gasteiger partial charge in [0, 0.05) is 30.6 Å². The van der Waals surface area contributed by atoms with Crippen LogP contribution in [-0.2, 0) is 25.6 Å². The Labute approximate surface area is 197 Å². The maximum absolute atomic E-state index is 13.1. The summed E-state index contributed by atoms with van der Waals surface area (Å²) in [6.07, 6.45) is 6.04. The monoisotopic (exact) mass is 483 g/mol. The number of carboxylic acid groups (broad SMARTS) is 1. The molecule has 184 valence electrons. The normalized spacial score (nSPS) is 18.4. The van der Waals surface area contributed by atoms with Gasteiger partial charge >= 0.3 is 5.97 Å². The molecule has 1 aliphatic heterocycles. The van der Waals surface area contributed by atoms with Crippen molar-refractivity contribution in [2.24, 2.45) is 11.5 Å². The lowest BCUT2D eigenvalue weighted by molar-refractivity contribution is -0.142. The highest BCUT2D eigenvalue weighted by molar-refractivity contribution is 7.80. The van der Waals surface area contributed by atoms with Crippen LogP contribution in [0.25, 0.3) is 0 Å². The average Bonchev–Trinajstić information content (AvgIpc) is 3.48. The molecular weight excluding hydrogens is 450 g/mol. The Morgan fingerprint density at radius 2 is 2.03 bits per heavy atom. The number of carboxylic acids is 1. The number of aromatic amines is 1. The van der Waals surface area contributed by atoms with Crippen LogP contribution in [0.5, 0.6) is 0 Å². The molecule has 0 spiro atoms. The summed E-state index contributed by atoms with van der Waals surface area (Å²) < 4.78 is 0. The van der Waals surface area contributed by atoms with Crippen molar-refractivity contribution in [3.63, 3.8) is 0 Å². The molecule has 0 saturated carbocycles. The molecule has 4 atom stereocenters. The molecule has 0 aromatic carbocycles. The third kappa shape index (κ3) is 7.72. The predicted molar refractivity (Wildman–Crippen MR) is 123 cm³/mol. The average molecular weight is 484 g/mol. The molecule has 8 N–H and O–H groups in total. The number of carbonyl (C=O) groups is 4. The van der Waals surface area contributed by atoms with E-state index in [1.54, 1.807) is 0 Å². The number of H-pyrrole nitrogens is 1. The van der Waals surface area contributed by atoms with Gasteiger partial charge in [-0.3, -0.25) is 14.4 Å². The van der Waals surface area contributed by atoms with Crippen LogP contribution in [-0.4, -0.2) is 86.7 Å². The van der Waals surface area contributed by atoms with E-state index in [0.717, 1.165) is 12.8 Å². The third-order valence-electron chi connectivity index (χ3n) is 5.53. The van der Waals surface area contributed by atoms with E-state index in [4.69, 9.17) is 11.5 Å². The number of imidazole rings is 1. The quantitative estimate of drug-likeness (QED) is 0.128. The zero-order valence-corrected chi connectivity index (χ0v) is 19.3. The number of rotatable bonds is 13. The van der Waals surface area contributed by atoms with Gasteiger partial charge in [-0.2, -0.15) is 12.6 Å². The zero-order chi connectivity index (χ0) is 24.4. The molecule has 2 heterocycles. The zero-order valence-electron chi connectivity index (χ0n) is 18.4. The number of thiol groups is 1. The van der Waals surface area contributed by atoms with E-state index in [9.17, 15) is 24.3 Å². The van der Waals surface area contributed by atoms with Crippen molar-refractivity contribution in [1.82, 2.24) is 25.5 Å². The number of aliphatic carboxylic acids is 1. The van der Waals surface area contributed by atoms with Crippen molar-refractivity contribution < 1.29 is 24.3 Å². The molecule has 0 bridgehead atoms. The minimum Gasteiger partial charge on any atom is -0.480 e. The molecule has 12 nitrogen and oxygen atoms in total. The van der Waals surface area contributed by atoms with Crippen LogP contribution >= 0.6 is 12.6 Å². The highest BCUT2D eigenvalue weighted by atomic mass is 32.1. The largest absolute Gasteiger partial charge is 0.480 e. The van der Waals surface area contributed by atoms with Gasteiger partial charge in [0.05, 0.1) is 12.4 Å². The highest BCUT2D eigenvalue weighted by Crippen LogP contribution is 2.20. The lowest BCUT2D eigenvalue weighted by Crippen LogP contribution is -2.57. The van der Waals surface area contributed by atoms with Gasteiger partial charge in [-0.1, -0.05) is 6.42 Å². The number of amides is 3. The first kappa shape index (κ1) is 26.6. The number of unbranched alkanes of at least 4 members (excludes halogenated alkanes) is 1. The van der Waals surface area contributed by atoms with Crippen LogP contribution in [0, 0.1) is 0 Å². The van der Waals surface area contributed by atoms with Crippen molar-refractivity contribution >= 4 is 36.3 Å². The number of nitrogens with zero attached hydrogens (tertiary/aromatic N) is 2. The molecule has 0 radical (unpaired) electrons.